The van der Waals surface area contributed by atoms with Gasteiger partial charge in [-0.05, 0) is 93.2 Å². The zero-order chi connectivity index (χ0) is 42.7. The Hall–Kier alpha value is -4.34. The first-order valence-electron chi connectivity index (χ1n) is 21.6. The largest absolute Gasteiger partial charge is 0.381 e. The van der Waals surface area contributed by atoms with Gasteiger partial charge in [0.25, 0.3) is 0 Å². The quantitative estimate of drug-likeness (QED) is 0.124. The fraction of sp³-hybridized carbons (Fsp3) is 0.423. The molecular formula is C52H63BrN2O5. The van der Waals surface area contributed by atoms with Crippen LogP contribution >= 0.6 is 15.9 Å². The van der Waals surface area contributed by atoms with Gasteiger partial charge in [0.05, 0.1) is 24.3 Å². The Labute approximate surface area is 366 Å². The third kappa shape index (κ3) is 10.7. The number of carbonyl (C=O) groups is 2. The maximum atomic E-state index is 13.7. The van der Waals surface area contributed by atoms with Crippen LogP contribution in [0, 0.1) is 5.92 Å². The average molecular weight is 876 g/mol. The number of benzene rings is 4. The maximum absolute atomic E-state index is 13.7. The number of rotatable bonds is 9. The second kappa shape index (κ2) is 21.0. The molecule has 9 rings (SSSR count). The summed E-state index contributed by atoms with van der Waals surface area (Å²) in [7, 11) is 0. The van der Waals surface area contributed by atoms with E-state index in [2.05, 4.69) is 102 Å². The van der Waals surface area contributed by atoms with Gasteiger partial charge >= 0.3 is 0 Å². The van der Waals surface area contributed by atoms with Crippen molar-refractivity contribution in [1.29, 1.82) is 0 Å². The minimum absolute atomic E-state index is 0.00629. The molecule has 5 aliphatic rings. The van der Waals surface area contributed by atoms with E-state index in [4.69, 9.17) is 14.2 Å². The van der Waals surface area contributed by atoms with E-state index in [0.717, 1.165) is 44.2 Å². The highest BCUT2D eigenvalue weighted by molar-refractivity contribution is 9.09. The normalized spacial score (nSPS) is 22.6. The molecule has 4 aromatic carbocycles. The number of nitrogens with zero attached hydrogens (tertiary/aromatic N) is 2. The van der Waals surface area contributed by atoms with Gasteiger partial charge in [-0.25, -0.2) is 0 Å². The number of aryl methyl sites for hydroxylation is 1. The lowest BCUT2D eigenvalue weighted by Crippen LogP contribution is -2.47. The predicted octanol–water partition coefficient (Wildman–Crippen LogP) is 10.9. The van der Waals surface area contributed by atoms with Gasteiger partial charge in [0.1, 0.15) is 11.4 Å². The molecule has 2 amide bonds. The van der Waals surface area contributed by atoms with Crippen molar-refractivity contribution in [1.82, 2.24) is 9.80 Å². The number of alkyl halides is 1. The van der Waals surface area contributed by atoms with Crippen molar-refractivity contribution in [2.45, 2.75) is 115 Å². The Morgan fingerprint density at radius 3 is 1.65 bits per heavy atom. The molecule has 5 atom stereocenters. The third-order valence-corrected chi connectivity index (χ3v) is 12.4. The molecule has 3 saturated heterocycles. The van der Waals surface area contributed by atoms with Gasteiger partial charge in [-0.3, -0.25) is 9.59 Å². The molecule has 0 saturated carbocycles. The lowest BCUT2D eigenvalue weighted by atomic mass is 9.93. The zero-order valence-electron chi connectivity index (χ0n) is 35.9. The topological polar surface area (TPSA) is 68.3 Å². The molecule has 2 aliphatic carbocycles. The molecule has 7 nitrogen and oxygen atoms in total. The molecule has 4 aromatic rings. The van der Waals surface area contributed by atoms with Gasteiger partial charge in [0, 0.05) is 43.7 Å². The Morgan fingerprint density at radius 2 is 1.17 bits per heavy atom. The van der Waals surface area contributed by atoms with E-state index in [1.165, 1.54) is 46.2 Å². The number of carbonyl (C=O) groups excluding carboxylic acids is 2. The van der Waals surface area contributed by atoms with Crippen LogP contribution in [0.4, 0.5) is 0 Å². The molecule has 3 heterocycles. The van der Waals surface area contributed by atoms with Crippen LogP contribution < -0.4 is 0 Å². The van der Waals surface area contributed by atoms with E-state index in [-0.39, 0.29) is 42.0 Å². The Bertz CT molecular complexity index is 2020. The molecule has 0 N–H and O–H groups in total. The third-order valence-electron chi connectivity index (χ3n) is 11.9. The molecule has 0 radical (unpaired) electrons. The maximum Gasteiger partial charge on any atom is 0.229 e. The van der Waals surface area contributed by atoms with Gasteiger partial charge in [-0.1, -0.05) is 137 Å². The van der Waals surface area contributed by atoms with Crippen LogP contribution in [-0.2, 0) is 49.5 Å². The molecule has 0 bridgehead atoms. The van der Waals surface area contributed by atoms with Crippen molar-refractivity contribution < 1.29 is 23.8 Å². The van der Waals surface area contributed by atoms with Crippen molar-refractivity contribution in [3.05, 3.63) is 168 Å². The molecular weight excluding hydrogens is 812 g/mol. The van der Waals surface area contributed by atoms with Crippen LogP contribution in [0.3, 0.4) is 0 Å². The van der Waals surface area contributed by atoms with Crippen molar-refractivity contribution >= 4 is 27.7 Å². The van der Waals surface area contributed by atoms with Crippen LogP contribution in [0.25, 0.3) is 0 Å². The molecule has 8 heteroatoms. The van der Waals surface area contributed by atoms with Crippen LogP contribution in [-0.4, -0.2) is 63.8 Å². The van der Waals surface area contributed by atoms with Crippen molar-refractivity contribution in [3.63, 3.8) is 0 Å². The highest BCUT2D eigenvalue weighted by Gasteiger charge is 2.55. The number of allylic oxidation sites excluding steroid dienone is 2. The summed E-state index contributed by atoms with van der Waals surface area (Å²) in [5.74, 6) is 0.209. The first-order chi connectivity index (χ1) is 29.0. The SMILES string of the molecule is C1CCOC1.C=CCBr.C=CC[C@@H](Cc1ccccc1)C(=O)N1[C@H]2c3ccccc3C[C@H]2OC1(C)C.CC1(C)O[C@@H]2Cc3ccccc3[C@@H]2N1C(=O)CCc1ccccc1. The van der Waals surface area contributed by atoms with Gasteiger partial charge in [0.15, 0.2) is 0 Å². The summed E-state index contributed by atoms with van der Waals surface area (Å²) in [5, 5.41) is 0.896. The summed E-state index contributed by atoms with van der Waals surface area (Å²) in [6.07, 6.45) is 10.8. The van der Waals surface area contributed by atoms with Crippen LogP contribution in [0.1, 0.15) is 98.8 Å². The highest BCUT2D eigenvalue weighted by Crippen LogP contribution is 2.50. The monoisotopic (exact) mass is 874 g/mol. The number of amides is 2. The Morgan fingerprint density at radius 1 is 0.700 bits per heavy atom. The minimum Gasteiger partial charge on any atom is -0.381 e. The van der Waals surface area contributed by atoms with Gasteiger partial charge in [-0.15, -0.1) is 13.2 Å². The average Bonchev–Trinajstić information content (AvgIpc) is 4.08. The fourth-order valence-electron chi connectivity index (χ4n) is 9.37. The van der Waals surface area contributed by atoms with E-state index in [1.807, 2.05) is 80.0 Å². The molecule has 3 fully saturated rings. The summed E-state index contributed by atoms with van der Waals surface area (Å²) < 4.78 is 17.5. The minimum atomic E-state index is -0.601. The molecule has 0 spiro atoms. The van der Waals surface area contributed by atoms with Gasteiger partial charge in [-0.2, -0.15) is 0 Å². The van der Waals surface area contributed by atoms with Gasteiger partial charge < -0.3 is 24.0 Å². The van der Waals surface area contributed by atoms with E-state index in [9.17, 15) is 9.59 Å². The fourth-order valence-corrected chi connectivity index (χ4v) is 9.37. The molecule has 0 unspecified atom stereocenters. The van der Waals surface area contributed by atoms with Crippen LogP contribution in [0.5, 0.6) is 0 Å². The molecule has 318 valence electrons. The number of hydrogen-bond acceptors (Lipinski definition) is 5. The molecule has 0 aromatic heterocycles. The summed E-state index contributed by atoms with van der Waals surface area (Å²) in [4.78, 5) is 30.7. The Balaban J connectivity index is 0.000000167. The smallest absolute Gasteiger partial charge is 0.229 e. The highest BCUT2D eigenvalue weighted by atomic mass is 79.9. The van der Waals surface area contributed by atoms with Crippen LogP contribution in [0.15, 0.2) is 135 Å². The lowest BCUT2D eigenvalue weighted by molar-refractivity contribution is -0.152. The number of fused-ring (bicyclic) bond motifs is 6. The van der Waals surface area contributed by atoms with Crippen molar-refractivity contribution in [2.75, 3.05) is 18.5 Å². The van der Waals surface area contributed by atoms with Crippen molar-refractivity contribution in [3.8, 4) is 0 Å². The summed E-state index contributed by atoms with van der Waals surface area (Å²) in [5.41, 5.74) is 6.32. The number of halogens is 1. The van der Waals surface area contributed by atoms with E-state index >= 15 is 0 Å². The molecule has 3 aliphatic heterocycles. The summed E-state index contributed by atoms with van der Waals surface area (Å²) in [6, 6.07) is 37.3. The number of ether oxygens (including phenoxy) is 3. The Kier molecular flexibility index (Phi) is 15.8. The van der Waals surface area contributed by atoms with Crippen molar-refractivity contribution in [2.24, 2.45) is 5.92 Å². The summed E-state index contributed by atoms with van der Waals surface area (Å²) >= 11 is 3.13. The second-order valence-electron chi connectivity index (χ2n) is 17.0. The second-order valence-corrected chi connectivity index (χ2v) is 17.7. The van der Waals surface area contributed by atoms with Gasteiger partial charge in [0.2, 0.25) is 11.8 Å². The predicted molar refractivity (Wildman–Crippen MR) is 245 cm³/mol. The first-order valence-corrected chi connectivity index (χ1v) is 22.7. The van der Waals surface area contributed by atoms with E-state index < -0.39 is 11.4 Å². The zero-order valence-corrected chi connectivity index (χ0v) is 37.5. The standard InChI is InChI=1S/C24H27NO2.C21H23NO2.C4H8O.C3H5Br/c1-4-10-19(15-17-11-6-5-7-12-17)23(26)25-22-20-14-9-8-13-18(20)16-21(22)27-24(25,2)3;1-21(2)22(19(23)13-12-15-8-4-3-5-9-15)20-17-11-7-6-10-16(17)14-18(20)24-21;1-2-4-5-3-1;1-2-3-4/h4-9,11-14,19,21-22H,1,10,15-16H2,2-3H3;3-11,18,20H,12-14H2,1-2H3;1-4H2;2H,1,3H2/t19-,21+,22-;18-,20+;;/m01../s1. The number of hydrogen-bond donors (Lipinski definition) is 0. The van der Waals surface area contributed by atoms with E-state index in [0.29, 0.717) is 12.8 Å². The van der Waals surface area contributed by atoms with Crippen LogP contribution in [0.2, 0.25) is 0 Å². The van der Waals surface area contributed by atoms with E-state index in [1.54, 1.807) is 6.08 Å². The first kappa shape index (κ1) is 45.2. The lowest BCUT2D eigenvalue weighted by Gasteiger charge is -2.36. The molecule has 60 heavy (non-hydrogen) atoms. The summed E-state index contributed by atoms with van der Waals surface area (Å²) in [6.45, 7) is 17.4.